The number of hydrogen-bond acceptors (Lipinski definition) is 6. The Morgan fingerprint density at radius 2 is 1.61 bits per heavy atom. The summed E-state index contributed by atoms with van der Waals surface area (Å²) in [6.45, 7) is 4.50. The molecule has 176 valence electrons. The third-order valence-electron chi connectivity index (χ3n) is 6.45. The second kappa shape index (κ2) is 9.48. The van der Waals surface area contributed by atoms with Gasteiger partial charge in [0.1, 0.15) is 5.69 Å². The Labute approximate surface area is 193 Å². The third kappa shape index (κ3) is 4.86. The van der Waals surface area contributed by atoms with Gasteiger partial charge in [0.15, 0.2) is 0 Å². The summed E-state index contributed by atoms with van der Waals surface area (Å²) >= 11 is 0. The van der Waals surface area contributed by atoms with Gasteiger partial charge in [0, 0.05) is 50.9 Å². The van der Waals surface area contributed by atoms with Gasteiger partial charge in [-0.25, -0.2) is 8.42 Å². The van der Waals surface area contributed by atoms with E-state index in [0.29, 0.717) is 11.6 Å². The Bertz CT molecular complexity index is 1120. The van der Waals surface area contributed by atoms with Gasteiger partial charge in [-0.2, -0.15) is 4.31 Å². The summed E-state index contributed by atoms with van der Waals surface area (Å²) in [6.07, 6.45) is 1.96. The van der Waals surface area contributed by atoms with Gasteiger partial charge in [-0.3, -0.25) is 14.9 Å². The second-order valence-electron chi connectivity index (χ2n) is 8.64. The molecule has 0 N–H and O–H groups in total. The van der Waals surface area contributed by atoms with Gasteiger partial charge in [0.05, 0.1) is 9.82 Å². The average Bonchev–Trinajstić information content (AvgIpc) is 2.84. The van der Waals surface area contributed by atoms with Gasteiger partial charge in [0.2, 0.25) is 10.0 Å². The van der Waals surface area contributed by atoms with E-state index in [1.807, 2.05) is 4.90 Å². The maximum Gasteiger partial charge on any atom is 0.293 e. The molecule has 0 radical (unpaired) electrons. The van der Waals surface area contributed by atoms with Crippen LogP contribution in [0.2, 0.25) is 0 Å². The quantitative estimate of drug-likeness (QED) is 0.490. The summed E-state index contributed by atoms with van der Waals surface area (Å²) in [5, 5.41) is 11.7. The van der Waals surface area contributed by atoms with E-state index in [0.717, 1.165) is 25.9 Å². The van der Waals surface area contributed by atoms with Crippen LogP contribution in [0.1, 0.15) is 30.1 Å². The van der Waals surface area contributed by atoms with Crippen molar-refractivity contribution in [1.29, 1.82) is 0 Å². The number of nitrogens with zero attached hydrogens (tertiary/aromatic N) is 4. The zero-order chi connectivity index (χ0) is 23.6. The van der Waals surface area contributed by atoms with E-state index in [4.69, 9.17) is 0 Å². The second-order valence-corrected chi connectivity index (χ2v) is 10.6. The first-order valence-electron chi connectivity index (χ1n) is 11.2. The fraction of sp³-hybridized carbons (Fsp3) is 0.435. The van der Waals surface area contributed by atoms with Crippen molar-refractivity contribution in [3.8, 4) is 0 Å². The Hall–Kier alpha value is -2.98. The molecular weight excluding hydrogens is 444 g/mol. The molecule has 2 aromatic carbocycles. The number of amides is 1. The summed E-state index contributed by atoms with van der Waals surface area (Å²) in [5.41, 5.74) is 0.720. The van der Waals surface area contributed by atoms with Crippen LogP contribution in [-0.4, -0.2) is 67.7 Å². The maximum absolute atomic E-state index is 13.1. The zero-order valence-electron chi connectivity index (χ0n) is 18.6. The van der Waals surface area contributed by atoms with Crippen LogP contribution >= 0.6 is 0 Å². The number of benzene rings is 2. The van der Waals surface area contributed by atoms with E-state index in [2.05, 4.69) is 6.92 Å². The van der Waals surface area contributed by atoms with E-state index < -0.39 is 14.9 Å². The van der Waals surface area contributed by atoms with Gasteiger partial charge < -0.3 is 9.80 Å². The van der Waals surface area contributed by atoms with E-state index in [-0.39, 0.29) is 48.2 Å². The van der Waals surface area contributed by atoms with Crippen molar-refractivity contribution in [2.45, 2.75) is 24.7 Å². The average molecular weight is 473 g/mol. The number of piperazine rings is 1. The van der Waals surface area contributed by atoms with Crippen LogP contribution in [0.4, 0.5) is 11.4 Å². The van der Waals surface area contributed by atoms with E-state index >= 15 is 0 Å². The van der Waals surface area contributed by atoms with Crippen molar-refractivity contribution in [2.75, 3.05) is 44.2 Å². The van der Waals surface area contributed by atoms with Crippen molar-refractivity contribution in [3.63, 3.8) is 0 Å². The van der Waals surface area contributed by atoms with Crippen molar-refractivity contribution in [2.24, 2.45) is 5.92 Å². The third-order valence-corrected chi connectivity index (χ3v) is 8.36. The fourth-order valence-corrected chi connectivity index (χ4v) is 5.82. The minimum Gasteiger partial charge on any atom is -0.366 e. The summed E-state index contributed by atoms with van der Waals surface area (Å²) in [7, 11) is -3.62. The van der Waals surface area contributed by atoms with Crippen LogP contribution in [0.5, 0.6) is 0 Å². The molecule has 0 saturated carbocycles. The standard InChI is InChI=1S/C23H28N4O5S/c1-18-9-11-24(12-10-18)21-8-7-19(17-22(21)27(29)30)23(28)25-13-15-26(16-14-25)33(31,32)20-5-3-2-4-6-20/h2-8,17-18H,9-16H2,1H3. The minimum absolute atomic E-state index is 0.0688. The normalized spacial score (nSPS) is 18.3. The lowest BCUT2D eigenvalue weighted by atomic mass is 9.98. The lowest BCUT2D eigenvalue weighted by Crippen LogP contribution is -2.50. The number of anilines is 1. The highest BCUT2D eigenvalue weighted by Crippen LogP contribution is 2.32. The molecule has 1 amide bonds. The van der Waals surface area contributed by atoms with E-state index in [1.54, 1.807) is 47.4 Å². The van der Waals surface area contributed by atoms with Gasteiger partial charge in [-0.1, -0.05) is 25.1 Å². The number of sulfonamides is 1. The molecule has 33 heavy (non-hydrogen) atoms. The lowest BCUT2D eigenvalue weighted by Gasteiger charge is -2.34. The highest BCUT2D eigenvalue weighted by molar-refractivity contribution is 7.89. The molecule has 4 rings (SSSR count). The smallest absolute Gasteiger partial charge is 0.293 e. The number of carbonyl (C=O) groups is 1. The monoisotopic (exact) mass is 472 g/mol. The van der Waals surface area contributed by atoms with Crippen LogP contribution in [0, 0.1) is 16.0 Å². The van der Waals surface area contributed by atoms with Gasteiger partial charge in [-0.15, -0.1) is 0 Å². The minimum atomic E-state index is -3.62. The highest BCUT2D eigenvalue weighted by atomic mass is 32.2. The molecule has 0 bridgehead atoms. The Kier molecular flexibility index (Phi) is 6.66. The molecular formula is C23H28N4O5S. The van der Waals surface area contributed by atoms with Gasteiger partial charge >= 0.3 is 0 Å². The first-order chi connectivity index (χ1) is 15.8. The fourth-order valence-electron chi connectivity index (χ4n) is 4.38. The summed E-state index contributed by atoms with van der Waals surface area (Å²) in [6, 6.07) is 12.9. The Balaban J connectivity index is 1.46. The number of nitro groups is 1. The van der Waals surface area contributed by atoms with Crippen LogP contribution < -0.4 is 4.90 Å². The van der Waals surface area contributed by atoms with Crippen molar-refractivity contribution < 1.29 is 18.1 Å². The largest absolute Gasteiger partial charge is 0.366 e. The molecule has 0 aromatic heterocycles. The highest BCUT2D eigenvalue weighted by Gasteiger charge is 2.31. The first kappa shape index (κ1) is 23.2. The van der Waals surface area contributed by atoms with E-state index in [1.165, 1.54) is 10.4 Å². The Morgan fingerprint density at radius 3 is 2.21 bits per heavy atom. The van der Waals surface area contributed by atoms with Gasteiger partial charge in [0.25, 0.3) is 11.6 Å². The number of nitro benzene ring substituents is 1. The predicted molar refractivity (Wildman–Crippen MR) is 125 cm³/mol. The molecule has 2 saturated heterocycles. The van der Waals surface area contributed by atoms with Crippen LogP contribution in [-0.2, 0) is 10.0 Å². The van der Waals surface area contributed by atoms with Gasteiger partial charge in [-0.05, 0) is 43.0 Å². The maximum atomic E-state index is 13.1. The number of piperidine rings is 1. The molecule has 0 aliphatic carbocycles. The molecule has 2 aliphatic rings. The van der Waals surface area contributed by atoms with Crippen LogP contribution in [0.25, 0.3) is 0 Å². The summed E-state index contributed by atoms with van der Waals surface area (Å²) in [4.78, 5) is 28.2. The molecule has 0 unspecified atom stereocenters. The van der Waals surface area contributed by atoms with Crippen molar-refractivity contribution in [3.05, 3.63) is 64.2 Å². The van der Waals surface area contributed by atoms with Crippen molar-refractivity contribution in [1.82, 2.24) is 9.21 Å². The summed E-state index contributed by atoms with van der Waals surface area (Å²) < 4.78 is 27.0. The SMILES string of the molecule is CC1CCN(c2ccc(C(=O)N3CCN(S(=O)(=O)c4ccccc4)CC3)cc2[N+](=O)[O-])CC1. The molecule has 2 heterocycles. The first-order valence-corrected chi connectivity index (χ1v) is 12.6. The van der Waals surface area contributed by atoms with Crippen molar-refractivity contribution >= 4 is 27.3 Å². The molecule has 0 spiro atoms. The van der Waals surface area contributed by atoms with E-state index in [9.17, 15) is 23.3 Å². The number of rotatable bonds is 5. The molecule has 0 atom stereocenters. The molecule has 2 aromatic rings. The lowest BCUT2D eigenvalue weighted by molar-refractivity contribution is -0.384. The molecule has 9 nitrogen and oxygen atoms in total. The number of hydrogen-bond donors (Lipinski definition) is 0. The topological polar surface area (TPSA) is 104 Å². The number of carbonyl (C=O) groups excluding carboxylic acids is 1. The van der Waals surface area contributed by atoms with Crippen LogP contribution in [0.15, 0.2) is 53.4 Å². The zero-order valence-corrected chi connectivity index (χ0v) is 19.4. The van der Waals surface area contributed by atoms with Crippen LogP contribution in [0.3, 0.4) is 0 Å². The molecule has 10 heteroatoms. The molecule has 2 aliphatic heterocycles. The summed E-state index contributed by atoms with van der Waals surface area (Å²) in [5.74, 6) is 0.277. The molecule has 2 fully saturated rings. The predicted octanol–water partition coefficient (Wildman–Crippen LogP) is 2.98. The Morgan fingerprint density at radius 1 is 0.970 bits per heavy atom.